The molecule has 0 heterocycles. The molecule has 0 aliphatic heterocycles. The number of carbonyl (C=O) groups is 2. The maximum absolute atomic E-state index is 11.9. The van der Waals surface area contributed by atoms with Gasteiger partial charge in [-0.2, -0.15) is 5.10 Å². The summed E-state index contributed by atoms with van der Waals surface area (Å²) in [5.41, 5.74) is 1.95. The van der Waals surface area contributed by atoms with Crippen LogP contribution in [0.25, 0.3) is 0 Å². The normalized spacial score (nSPS) is 11.3. The Morgan fingerprint density at radius 1 is 0.880 bits per heavy atom. The molecule has 0 unspecified atom stereocenters. The first-order chi connectivity index (χ1) is 11.9. The highest BCUT2D eigenvalue weighted by atomic mass is 16.1. The van der Waals surface area contributed by atoms with Crippen molar-refractivity contribution in [3.8, 4) is 0 Å². The van der Waals surface area contributed by atoms with Gasteiger partial charge in [0.25, 0.3) is 0 Å². The third-order valence-corrected chi connectivity index (χ3v) is 3.63. The second kappa shape index (κ2) is 8.29. The first-order valence-corrected chi connectivity index (χ1v) is 8.16. The van der Waals surface area contributed by atoms with Gasteiger partial charge in [0.1, 0.15) is 11.5 Å². The number of rotatable bonds is 6. The minimum absolute atomic E-state index is 0.112. The molecule has 0 saturated carbocycles. The van der Waals surface area contributed by atoms with E-state index < -0.39 is 5.41 Å². The molecule has 0 aliphatic rings. The van der Waals surface area contributed by atoms with Gasteiger partial charge in [-0.3, -0.25) is 9.59 Å². The predicted octanol–water partition coefficient (Wildman–Crippen LogP) is 4.08. The summed E-state index contributed by atoms with van der Waals surface area (Å²) < 4.78 is 0. The van der Waals surface area contributed by atoms with Crippen LogP contribution in [0.2, 0.25) is 0 Å². The monoisotopic (exact) mass is 334 g/mol. The number of ketones is 2. The van der Waals surface area contributed by atoms with E-state index in [4.69, 9.17) is 0 Å². The van der Waals surface area contributed by atoms with Gasteiger partial charge in [-0.25, -0.2) is 0 Å². The van der Waals surface area contributed by atoms with E-state index in [2.05, 4.69) is 10.2 Å². The molecule has 0 bridgehead atoms. The van der Waals surface area contributed by atoms with Gasteiger partial charge in [0.05, 0.1) is 12.6 Å². The van der Waals surface area contributed by atoms with Crippen molar-refractivity contribution in [3.63, 3.8) is 0 Å². The van der Waals surface area contributed by atoms with Crippen molar-refractivity contribution in [2.75, 3.05) is 0 Å². The quantitative estimate of drug-likeness (QED) is 0.454. The highest BCUT2D eigenvalue weighted by Gasteiger charge is 2.22. The van der Waals surface area contributed by atoms with E-state index in [9.17, 15) is 9.59 Å². The second-order valence-corrected chi connectivity index (χ2v) is 6.74. The smallest absolute Gasteiger partial charge is 0.183 e. The molecule has 0 spiro atoms. The van der Waals surface area contributed by atoms with Crippen LogP contribution in [0.1, 0.15) is 38.3 Å². The first-order valence-electron chi connectivity index (χ1n) is 8.16. The van der Waals surface area contributed by atoms with Crippen LogP contribution in [-0.4, -0.2) is 23.5 Å². The van der Waals surface area contributed by atoms with E-state index in [0.29, 0.717) is 5.71 Å². The molecular weight excluding hydrogens is 312 g/mol. The zero-order chi connectivity index (χ0) is 18.3. The standard InChI is InChI=1S/C21H22N2O2/c1-21(2,3)19(25)14-18(24)15-22-23-20(16-10-6-4-7-11-16)17-12-8-5-9-13-17/h4-13,15H,14H2,1-3H3. The fourth-order valence-electron chi connectivity index (χ4n) is 2.09. The van der Waals surface area contributed by atoms with E-state index in [1.165, 1.54) is 0 Å². The molecule has 4 heteroatoms. The van der Waals surface area contributed by atoms with Crippen molar-refractivity contribution in [1.82, 2.24) is 0 Å². The Morgan fingerprint density at radius 3 is 1.80 bits per heavy atom. The molecule has 0 atom stereocenters. The Bertz CT molecular complexity index is 744. The van der Waals surface area contributed by atoms with Gasteiger partial charge in [0.2, 0.25) is 0 Å². The third-order valence-electron chi connectivity index (χ3n) is 3.63. The largest absolute Gasteiger partial charge is 0.299 e. The predicted molar refractivity (Wildman–Crippen MR) is 101 cm³/mol. The fraction of sp³-hybridized carbons (Fsp3) is 0.238. The summed E-state index contributed by atoms with van der Waals surface area (Å²) in [7, 11) is 0. The summed E-state index contributed by atoms with van der Waals surface area (Å²) in [6.07, 6.45) is 0.962. The van der Waals surface area contributed by atoms with Crippen LogP contribution in [0.15, 0.2) is 70.9 Å². The van der Waals surface area contributed by atoms with Gasteiger partial charge in [-0.05, 0) is 0 Å². The molecule has 0 amide bonds. The first kappa shape index (κ1) is 18.5. The molecule has 0 saturated heterocycles. The lowest BCUT2D eigenvalue weighted by Crippen LogP contribution is -2.23. The molecule has 2 aromatic carbocycles. The highest BCUT2D eigenvalue weighted by Crippen LogP contribution is 2.16. The SMILES string of the molecule is CC(C)(C)C(=O)CC(=O)C=NN=C(c1ccccc1)c1ccccc1. The van der Waals surface area contributed by atoms with E-state index in [1.54, 1.807) is 20.8 Å². The zero-order valence-electron chi connectivity index (χ0n) is 14.8. The minimum atomic E-state index is -0.536. The van der Waals surface area contributed by atoms with Crippen LogP contribution in [0.5, 0.6) is 0 Å². The van der Waals surface area contributed by atoms with Crippen LogP contribution in [0.3, 0.4) is 0 Å². The molecule has 0 N–H and O–H groups in total. The summed E-state index contributed by atoms with van der Waals surface area (Å²) in [5.74, 6) is -0.455. The van der Waals surface area contributed by atoms with Gasteiger partial charge < -0.3 is 0 Å². The van der Waals surface area contributed by atoms with Crippen LogP contribution in [0.4, 0.5) is 0 Å². The number of nitrogens with zero attached hydrogens (tertiary/aromatic N) is 2. The number of Topliss-reactive ketones (excluding diaryl/α,β-unsaturated/α-hetero) is 2. The van der Waals surface area contributed by atoms with Crippen LogP contribution < -0.4 is 0 Å². The Kier molecular flexibility index (Phi) is 6.12. The van der Waals surface area contributed by atoms with E-state index in [1.807, 2.05) is 60.7 Å². The number of carbonyl (C=O) groups excluding carboxylic acids is 2. The maximum atomic E-state index is 11.9. The summed E-state index contributed by atoms with van der Waals surface area (Å²) in [4.78, 5) is 23.8. The third kappa shape index (κ3) is 5.60. The molecule has 0 aliphatic carbocycles. The Hall–Kier alpha value is -2.88. The van der Waals surface area contributed by atoms with Crippen LogP contribution >= 0.6 is 0 Å². The number of benzene rings is 2. The second-order valence-electron chi connectivity index (χ2n) is 6.74. The lowest BCUT2D eigenvalue weighted by Gasteiger charge is -2.14. The Labute approximate surface area is 148 Å². The van der Waals surface area contributed by atoms with Gasteiger partial charge >= 0.3 is 0 Å². The molecule has 0 aromatic heterocycles. The van der Waals surface area contributed by atoms with E-state index >= 15 is 0 Å². The van der Waals surface area contributed by atoms with Crippen molar-refractivity contribution in [1.29, 1.82) is 0 Å². The molecule has 4 nitrogen and oxygen atoms in total. The van der Waals surface area contributed by atoms with Crippen molar-refractivity contribution >= 4 is 23.5 Å². The van der Waals surface area contributed by atoms with Crippen LogP contribution in [-0.2, 0) is 9.59 Å². The fourth-order valence-corrected chi connectivity index (χ4v) is 2.09. The molecule has 2 aromatic rings. The van der Waals surface area contributed by atoms with E-state index in [0.717, 1.165) is 17.3 Å². The Morgan fingerprint density at radius 2 is 1.36 bits per heavy atom. The lowest BCUT2D eigenvalue weighted by molar-refractivity contribution is -0.129. The average molecular weight is 334 g/mol. The van der Waals surface area contributed by atoms with Gasteiger partial charge in [-0.1, -0.05) is 81.4 Å². The van der Waals surface area contributed by atoms with Crippen molar-refractivity contribution in [2.24, 2.45) is 15.6 Å². The summed E-state index contributed by atoms with van der Waals surface area (Å²) in [5, 5.41) is 8.15. The molecule has 2 rings (SSSR count). The van der Waals surface area contributed by atoms with Crippen molar-refractivity contribution < 1.29 is 9.59 Å². The Balaban J connectivity index is 2.21. The van der Waals surface area contributed by atoms with Crippen molar-refractivity contribution in [2.45, 2.75) is 27.2 Å². The molecule has 128 valence electrons. The average Bonchev–Trinajstić information content (AvgIpc) is 2.59. The van der Waals surface area contributed by atoms with Gasteiger partial charge in [0.15, 0.2) is 5.78 Å². The molecule has 0 fully saturated rings. The van der Waals surface area contributed by atoms with Crippen LogP contribution in [0, 0.1) is 5.41 Å². The maximum Gasteiger partial charge on any atom is 0.183 e. The van der Waals surface area contributed by atoms with Crippen molar-refractivity contribution in [3.05, 3.63) is 71.8 Å². The lowest BCUT2D eigenvalue weighted by atomic mass is 9.88. The molecule has 0 radical (unpaired) electrons. The summed E-state index contributed by atoms with van der Waals surface area (Å²) in [6.45, 7) is 5.38. The minimum Gasteiger partial charge on any atom is -0.299 e. The molecule has 25 heavy (non-hydrogen) atoms. The summed E-state index contributed by atoms with van der Waals surface area (Å²) >= 11 is 0. The highest BCUT2D eigenvalue weighted by molar-refractivity contribution is 6.32. The molecular formula is C21H22N2O2. The number of hydrogen-bond donors (Lipinski definition) is 0. The topological polar surface area (TPSA) is 58.9 Å². The zero-order valence-corrected chi connectivity index (χ0v) is 14.8. The number of hydrogen-bond acceptors (Lipinski definition) is 4. The van der Waals surface area contributed by atoms with Gasteiger partial charge in [-0.15, -0.1) is 5.10 Å². The van der Waals surface area contributed by atoms with Gasteiger partial charge in [0, 0.05) is 16.5 Å². The summed E-state index contributed by atoms with van der Waals surface area (Å²) in [6, 6.07) is 19.3. The van der Waals surface area contributed by atoms with E-state index in [-0.39, 0.29) is 18.0 Å².